The van der Waals surface area contributed by atoms with Gasteiger partial charge < -0.3 is 9.71 Å². The maximum Gasteiger partial charge on any atom is 0.333 e. The molecular formula is C37H31BN2Si. The van der Waals surface area contributed by atoms with Crippen molar-refractivity contribution in [2.75, 3.05) is 9.71 Å². The van der Waals surface area contributed by atoms with Crippen LogP contribution in [0.1, 0.15) is 0 Å². The van der Waals surface area contributed by atoms with Crippen LogP contribution in [0.25, 0.3) is 21.9 Å². The van der Waals surface area contributed by atoms with Gasteiger partial charge in [-0.25, -0.2) is 0 Å². The second-order valence-electron chi connectivity index (χ2n) is 12.2. The van der Waals surface area contributed by atoms with Crippen molar-refractivity contribution in [3.05, 3.63) is 133 Å². The number of hydrogen-bond acceptors (Lipinski definition) is 2. The van der Waals surface area contributed by atoms with Crippen LogP contribution in [0, 0.1) is 0 Å². The van der Waals surface area contributed by atoms with Crippen LogP contribution in [-0.2, 0) is 0 Å². The first kappa shape index (κ1) is 24.3. The second kappa shape index (κ2) is 8.99. The van der Waals surface area contributed by atoms with Crippen molar-refractivity contribution >= 4 is 70.2 Å². The summed E-state index contributed by atoms with van der Waals surface area (Å²) in [7, 11) is -1.77. The summed E-state index contributed by atoms with van der Waals surface area (Å²) in [4.78, 5) is 5.12. The summed E-state index contributed by atoms with van der Waals surface area (Å²) in [5.41, 5.74) is 11.6. The van der Waals surface area contributed by atoms with Gasteiger partial charge in [0.05, 0.1) is 8.07 Å². The van der Waals surface area contributed by atoms with E-state index >= 15 is 0 Å². The van der Waals surface area contributed by atoms with Crippen molar-refractivity contribution in [2.45, 2.75) is 19.6 Å². The maximum atomic E-state index is 2.57. The lowest BCUT2D eigenvalue weighted by atomic mass is 9.43. The molecule has 196 valence electrons. The number of benzene rings is 6. The summed E-state index contributed by atoms with van der Waals surface area (Å²) < 4.78 is 0. The molecule has 0 fully saturated rings. The zero-order valence-corrected chi connectivity index (χ0v) is 24.7. The number of nitrogens with zero attached hydrogens (tertiary/aromatic N) is 2. The molecule has 0 amide bonds. The largest absolute Gasteiger partial charge is 0.376 e. The molecule has 0 aliphatic carbocycles. The van der Waals surface area contributed by atoms with Gasteiger partial charge in [-0.1, -0.05) is 117 Å². The highest BCUT2D eigenvalue weighted by Crippen LogP contribution is 2.46. The fraction of sp³-hybridized carbons (Fsp3) is 0.0811. The van der Waals surface area contributed by atoms with Crippen molar-refractivity contribution < 1.29 is 0 Å². The molecule has 0 spiro atoms. The molecule has 0 N–H and O–H groups in total. The van der Waals surface area contributed by atoms with E-state index in [1.54, 1.807) is 0 Å². The van der Waals surface area contributed by atoms with Gasteiger partial charge in [0.2, 0.25) is 0 Å². The van der Waals surface area contributed by atoms with E-state index in [-0.39, 0.29) is 6.85 Å². The van der Waals surface area contributed by atoms with Crippen LogP contribution in [0.5, 0.6) is 0 Å². The van der Waals surface area contributed by atoms with Crippen LogP contribution in [0.4, 0.5) is 28.4 Å². The first-order valence-corrected chi connectivity index (χ1v) is 18.0. The summed E-state index contributed by atoms with van der Waals surface area (Å²) in [5.74, 6) is 0. The number of para-hydroxylation sites is 3. The SMILES string of the molecule is C[Si](C)(C)c1c(N2c3ccccc3B3c4c(cccc42)-c2ccccc2N3c2ccccc2)ccc2ccccc12. The average molecular weight is 543 g/mol. The van der Waals surface area contributed by atoms with Crippen LogP contribution < -0.4 is 25.8 Å². The molecule has 8 rings (SSSR count). The van der Waals surface area contributed by atoms with E-state index in [1.807, 2.05) is 0 Å². The predicted molar refractivity (Wildman–Crippen MR) is 181 cm³/mol. The van der Waals surface area contributed by atoms with Gasteiger partial charge in [0.25, 0.3) is 0 Å². The molecule has 2 nitrogen and oxygen atoms in total. The first-order valence-electron chi connectivity index (χ1n) is 14.5. The van der Waals surface area contributed by atoms with Gasteiger partial charge in [-0.2, -0.15) is 0 Å². The molecule has 4 heteroatoms. The number of rotatable bonds is 3. The summed E-state index contributed by atoms with van der Waals surface area (Å²) in [6.07, 6.45) is 0. The summed E-state index contributed by atoms with van der Waals surface area (Å²) in [5, 5.41) is 4.21. The lowest BCUT2D eigenvalue weighted by Crippen LogP contribution is -2.62. The Labute approximate surface area is 243 Å². The summed E-state index contributed by atoms with van der Waals surface area (Å²) in [6, 6.07) is 49.3. The Hall–Kier alpha value is -4.54. The molecule has 0 unspecified atom stereocenters. The van der Waals surface area contributed by atoms with Crippen LogP contribution in [0.3, 0.4) is 0 Å². The van der Waals surface area contributed by atoms with Crippen LogP contribution >= 0.6 is 0 Å². The lowest BCUT2D eigenvalue weighted by Gasteiger charge is -2.46. The van der Waals surface area contributed by atoms with Gasteiger partial charge in [0.15, 0.2) is 0 Å². The molecular weight excluding hydrogens is 511 g/mol. The molecule has 2 aliphatic heterocycles. The minimum absolute atomic E-state index is 0.0711. The molecule has 0 aromatic heterocycles. The predicted octanol–water partition coefficient (Wildman–Crippen LogP) is 8.09. The Morgan fingerprint density at radius 2 is 1.17 bits per heavy atom. The maximum absolute atomic E-state index is 2.57. The molecule has 0 radical (unpaired) electrons. The average Bonchev–Trinajstić information content (AvgIpc) is 3.00. The third kappa shape index (κ3) is 3.57. The van der Waals surface area contributed by atoms with Gasteiger partial charge in [-0.15, -0.1) is 0 Å². The van der Waals surface area contributed by atoms with E-state index in [4.69, 9.17) is 0 Å². The van der Waals surface area contributed by atoms with Crippen LogP contribution in [0.15, 0.2) is 133 Å². The summed E-state index contributed by atoms with van der Waals surface area (Å²) in [6.45, 7) is 7.50. The molecule has 2 aliphatic rings. The number of hydrogen-bond donors (Lipinski definition) is 0. The van der Waals surface area contributed by atoms with E-state index in [2.05, 4.69) is 163 Å². The molecule has 6 aromatic rings. The first-order chi connectivity index (χ1) is 20.0. The third-order valence-electron chi connectivity index (χ3n) is 8.71. The lowest BCUT2D eigenvalue weighted by molar-refractivity contribution is 1.28. The Kier molecular flexibility index (Phi) is 5.32. The van der Waals surface area contributed by atoms with E-state index in [1.165, 1.54) is 66.4 Å². The molecule has 2 heterocycles. The highest BCUT2D eigenvalue weighted by Gasteiger charge is 2.45. The fourth-order valence-corrected chi connectivity index (χ4v) is 9.17. The molecule has 6 aromatic carbocycles. The van der Waals surface area contributed by atoms with Crippen molar-refractivity contribution in [1.29, 1.82) is 0 Å². The smallest absolute Gasteiger partial charge is 0.333 e. The minimum atomic E-state index is -1.77. The Bertz CT molecular complexity index is 1960. The molecule has 0 saturated carbocycles. The Balaban J connectivity index is 1.49. The third-order valence-corrected chi connectivity index (χ3v) is 10.7. The Morgan fingerprint density at radius 3 is 2.00 bits per heavy atom. The van der Waals surface area contributed by atoms with Gasteiger partial charge in [0.1, 0.15) is 0 Å². The standard InChI is InChI=1S/C37H31BN2Si/c1-41(2,3)37-28-17-8-7-14-26(28)24-25-35(37)39-33-22-12-10-20-31(33)38-36-30(19-13-23-34(36)39)29-18-9-11-21-32(29)40(38)27-15-5-4-6-16-27/h4-25H,1-3H3. The van der Waals surface area contributed by atoms with Crippen molar-refractivity contribution in [3.8, 4) is 11.1 Å². The van der Waals surface area contributed by atoms with E-state index in [0.29, 0.717) is 0 Å². The van der Waals surface area contributed by atoms with Gasteiger partial charge in [-0.05, 0) is 68.8 Å². The zero-order valence-electron chi connectivity index (χ0n) is 23.7. The minimum Gasteiger partial charge on any atom is -0.376 e. The normalized spacial score (nSPS) is 13.6. The number of anilines is 5. The van der Waals surface area contributed by atoms with Crippen molar-refractivity contribution in [1.82, 2.24) is 0 Å². The molecule has 0 atom stereocenters. The van der Waals surface area contributed by atoms with Crippen molar-refractivity contribution in [3.63, 3.8) is 0 Å². The number of fused-ring (bicyclic) bond motifs is 5. The summed E-state index contributed by atoms with van der Waals surface area (Å²) >= 11 is 0. The zero-order chi connectivity index (χ0) is 27.7. The molecule has 41 heavy (non-hydrogen) atoms. The highest BCUT2D eigenvalue weighted by atomic mass is 28.3. The van der Waals surface area contributed by atoms with E-state index in [0.717, 1.165) is 0 Å². The van der Waals surface area contributed by atoms with E-state index in [9.17, 15) is 0 Å². The van der Waals surface area contributed by atoms with Gasteiger partial charge >= 0.3 is 6.85 Å². The second-order valence-corrected chi connectivity index (χ2v) is 17.2. The quantitative estimate of drug-likeness (QED) is 0.209. The van der Waals surface area contributed by atoms with Crippen LogP contribution in [-0.4, -0.2) is 14.9 Å². The van der Waals surface area contributed by atoms with Crippen LogP contribution in [0.2, 0.25) is 19.6 Å². The van der Waals surface area contributed by atoms with Gasteiger partial charge in [0, 0.05) is 34.0 Å². The topological polar surface area (TPSA) is 6.48 Å². The molecule has 0 saturated heterocycles. The van der Waals surface area contributed by atoms with Gasteiger partial charge in [-0.3, -0.25) is 0 Å². The fourth-order valence-electron chi connectivity index (χ4n) is 7.17. The highest BCUT2D eigenvalue weighted by molar-refractivity contribution is 6.94. The van der Waals surface area contributed by atoms with Crippen molar-refractivity contribution in [2.24, 2.45) is 0 Å². The monoisotopic (exact) mass is 542 g/mol. The Morgan fingerprint density at radius 1 is 0.512 bits per heavy atom. The molecule has 0 bridgehead atoms. The van der Waals surface area contributed by atoms with E-state index < -0.39 is 8.07 Å².